The molecule has 0 radical (unpaired) electrons. The van der Waals surface area contributed by atoms with Crippen LogP contribution in [0.2, 0.25) is 0 Å². The Bertz CT molecular complexity index is 295. The maximum absolute atomic E-state index is 5.01. The zero-order valence-corrected chi connectivity index (χ0v) is 11.3. The number of ether oxygens (including phenoxy) is 1. The van der Waals surface area contributed by atoms with Crippen molar-refractivity contribution in [3.63, 3.8) is 0 Å². The molecule has 0 saturated carbocycles. The molecule has 0 amide bonds. The molecular weight excluding hydrogens is 214 g/mol. The first-order valence-electron chi connectivity index (χ1n) is 6.50. The smallest absolute Gasteiger partial charge is 0.0948 e. The molecule has 0 bridgehead atoms. The van der Waals surface area contributed by atoms with E-state index in [0.29, 0.717) is 0 Å². The van der Waals surface area contributed by atoms with E-state index in [0.717, 1.165) is 32.2 Å². The van der Waals surface area contributed by atoms with Gasteiger partial charge in [0.2, 0.25) is 0 Å². The average molecular weight is 239 g/mol. The van der Waals surface area contributed by atoms with Crippen LogP contribution in [0.3, 0.4) is 0 Å². The van der Waals surface area contributed by atoms with Gasteiger partial charge in [0.25, 0.3) is 0 Å². The fourth-order valence-electron chi connectivity index (χ4n) is 1.88. The molecule has 0 aliphatic carbocycles. The van der Waals surface area contributed by atoms with E-state index in [-0.39, 0.29) is 0 Å². The zero-order valence-electron chi connectivity index (χ0n) is 11.3. The third-order valence-corrected chi connectivity index (χ3v) is 3.20. The van der Waals surface area contributed by atoms with Crippen molar-refractivity contribution in [2.75, 3.05) is 20.3 Å². The molecule has 4 heteroatoms. The fraction of sp³-hybridized carbons (Fsp3) is 0.769. The number of imidazole rings is 1. The molecule has 0 aliphatic heterocycles. The lowest BCUT2D eigenvalue weighted by Gasteiger charge is -2.15. The normalized spacial score (nSPS) is 11.3. The molecule has 17 heavy (non-hydrogen) atoms. The first-order valence-corrected chi connectivity index (χ1v) is 6.50. The van der Waals surface area contributed by atoms with Crippen LogP contribution in [-0.2, 0) is 17.8 Å². The second-order valence-corrected chi connectivity index (χ2v) is 4.39. The van der Waals surface area contributed by atoms with Gasteiger partial charge in [0.15, 0.2) is 0 Å². The number of hydrogen-bond acceptors (Lipinski definition) is 3. The summed E-state index contributed by atoms with van der Waals surface area (Å²) in [5.74, 6) is 0.752. The molecule has 0 spiro atoms. The van der Waals surface area contributed by atoms with Crippen molar-refractivity contribution in [2.45, 2.75) is 39.8 Å². The van der Waals surface area contributed by atoms with Crippen LogP contribution in [0.15, 0.2) is 12.5 Å². The van der Waals surface area contributed by atoms with Gasteiger partial charge in [0.05, 0.1) is 18.6 Å². The largest absolute Gasteiger partial charge is 0.383 e. The number of hydrogen-bond donors (Lipinski definition) is 1. The van der Waals surface area contributed by atoms with Crippen LogP contribution >= 0.6 is 0 Å². The first kappa shape index (κ1) is 14.2. The Morgan fingerprint density at radius 2 is 2.18 bits per heavy atom. The van der Waals surface area contributed by atoms with Gasteiger partial charge in [-0.1, -0.05) is 26.7 Å². The van der Waals surface area contributed by atoms with Gasteiger partial charge in [-0.05, 0) is 5.92 Å². The number of aromatic nitrogens is 2. The fourth-order valence-corrected chi connectivity index (χ4v) is 1.88. The van der Waals surface area contributed by atoms with E-state index >= 15 is 0 Å². The van der Waals surface area contributed by atoms with Crippen LogP contribution < -0.4 is 5.32 Å². The van der Waals surface area contributed by atoms with E-state index in [1.54, 1.807) is 7.11 Å². The van der Waals surface area contributed by atoms with Crippen molar-refractivity contribution in [3.8, 4) is 0 Å². The van der Waals surface area contributed by atoms with E-state index in [2.05, 4.69) is 28.7 Å². The Morgan fingerprint density at radius 3 is 2.82 bits per heavy atom. The molecular formula is C13H25N3O. The van der Waals surface area contributed by atoms with Crippen LogP contribution in [0, 0.1) is 5.92 Å². The predicted octanol–water partition coefficient (Wildman–Crippen LogP) is 2.06. The highest BCUT2D eigenvalue weighted by molar-refractivity contribution is 4.98. The topological polar surface area (TPSA) is 39.1 Å². The summed E-state index contributed by atoms with van der Waals surface area (Å²) in [6.07, 6.45) is 6.34. The van der Waals surface area contributed by atoms with Crippen LogP contribution in [-0.4, -0.2) is 29.8 Å². The molecule has 1 heterocycles. The van der Waals surface area contributed by atoms with Gasteiger partial charge in [-0.3, -0.25) is 0 Å². The van der Waals surface area contributed by atoms with Gasteiger partial charge in [0, 0.05) is 32.9 Å². The van der Waals surface area contributed by atoms with E-state index in [1.807, 2.05) is 12.5 Å². The van der Waals surface area contributed by atoms with Crippen molar-refractivity contribution in [1.82, 2.24) is 14.9 Å². The highest BCUT2D eigenvalue weighted by Crippen LogP contribution is 2.12. The average Bonchev–Trinajstić information content (AvgIpc) is 2.79. The van der Waals surface area contributed by atoms with E-state index in [9.17, 15) is 0 Å². The van der Waals surface area contributed by atoms with E-state index < -0.39 is 0 Å². The number of nitrogens with zero attached hydrogens (tertiary/aromatic N) is 2. The Balaban J connectivity index is 2.42. The molecule has 98 valence electrons. The maximum Gasteiger partial charge on any atom is 0.0948 e. The summed E-state index contributed by atoms with van der Waals surface area (Å²) in [5.41, 5.74) is 1.26. The molecule has 0 fully saturated rings. The maximum atomic E-state index is 5.01. The van der Waals surface area contributed by atoms with Crippen molar-refractivity contribution >= 4 is 0 Å². The second-order valence-electron chi connectivity index (χ2n) is 4.39. The summed E-state index contributed by atoms with van der Waals surface area (Å²) in [5, 5.41) is 3.35. The van der Waals surface area contributed by atoms with Crippen molar-refractivity contribution < 1.29 is 4.74 Å². The Hall–Kier alpha value is -0.870. The molecule has 1 aromatic heterocycles. The predicted molar refractivity (Wildman–Crippen MR) is 69.9 cm³/mol. The van der Waals surface area contributed by atoms with Gasteiger partial charge in [-0.2, -0.15) is 0 Å². The molecule has 1 aromatic rings. The molecule has 1 N–H and O–H groups in total. The summed E-state index contributed by atoms with van der Waals surface area (Å²) in [7, 11) is 1.72. The van der Waals surface area contributed by atoms with Crippen LogP contribution in [0.25, 0.3) is 0 Å². The molecule has 0 unspecified atom stereocenters. The standard InChI is InChI=1S/C13H25N3O/c1-4-12(5-2)10-16-11-15-9-13(16)8-14-6-7-17-3/h9,11-12,14H,4-8,10H2,1-3H3. The highest BCUT2D eigenvalue weighted by Gasteiger charge is 2.07. The van der Waals surface area contributed by atoms with Crippen molar-refractivity contribution in [2.24, 2.45) is 5.92 Å². The lowest BCUT2D eigenvalue weighted by molar-refractivity contribution is 0.199. The lowest BCUT2D eigenvalue weighted by Crippen LogP contribution is -2.21. The molecule has 4 nitrogen and oxygen atoms in total. The van der Waals surface area contributed by atoms with E-state index in [1.165, 1.54) is 18.5 Å². The number of nitrogens with one attached hydrogen (secondary N) is 1. The summed E-state index contributed by atoms with van der Waals surface area (Å²) < 4.78 is 7.27. The van der Waals surface area contributed by atoms with E-state index in [4.69, 9.17) is 4.74 Å². The van der Waals surface area contributed by atoms with Gasteiger partial charge in [-0.25, -0.2) is 4.98 Å². The van der Waals surface area contributed by atoms with Crippen LogP contribution in [0.1, 0.15) is 32.4 Å². The third-order valence-electron chi connectivity index (χ3n) is 3.20. The lowest BCUT2D eigenvalue weighted by atomic mass is 10.0. The summed E-state index contributed by atoms with van der Waals surface area (Å²) in [4.78, 5) is 4.23. The SMILES string of the molecule is CCC(CC)Cn1cncc1CNCCOC. The van der Waals surface area contributed by atoms with Crippen LogP contribution in [0.4, 0.5) is 0 Å². The highest BCUT2D eigenvalue weighted by atomic mass is 16.5. The first-order chi connectivity index (χ1) is 8.31. The summed E-state index contributed by atoms with van der Waals surface area (Å²) >= 11 is 0. The van der Waals surface area contributed by atoms with Gasteiger partial charge < -0.3 is 14.6 Å². The Morgan fingerprint density at radius 1 is 1.41 bits per heavy atom. The Labute approximate surface area is 104 Å². The summed E-state index contributed by atoms with van der Waals surface area (Å²) in [6, 6.07) is 0. The minimum absolute atomic E-state index is 0.751. The minimum Gasteiger partial charge on any atom is -0.383 e. The number of rotatable bonds is 9. The molecule has 0 aliphatic rings. The Kier molecular flexibility index (Phi) is 6.89. The van der Waals surface area contributed by atoms with Crippen molar-refractivity contribution in [3.05, 3.63) is 18.2 Å². The molecule has 1 rings (SSSR count). The number of methoxy groups -OCH3 is 1. The third kappa shape index (κ3) is 4.88. The van der Waals surface area contributed by atoms with Gasteiger partial charge in [-0.15, -0.1) is 0 Å². The van der Waals surface area contributed by atoms with Gasteiger partial charge >= 0.3 is 0 Å². The van der Waals surface area contributed by atoms with Crippen LogP contribution in [0.5, 0.6) is 0 Å². The van der Waals surface area contributed by atoms with Crippen molar-refractivity contribution in [1.29, 1.82) is 0 Å². The second kappa shape index (κ2) is 8.25. The minimum atomic E-state index is 0.751. The summed E-state index contributed by atoms with van der Waals surface area (Å²) in [6.45, 7) is 8.08. The van der Waals surface area contributed by atoms with Gasteiger partial charge in [0.1, 0.15) is 0 Å². The molecule has 0 atom stereocenters. The monoisotopic (exact) mass is 239 g/mol. The molecule has 0 aromatic carbocycles. The molecule has 0 saturated heterocycles. The zero-order chi connectivity index (χ0) is 12.5. The quantitative estimate of drug-likeness (QED) is 0.670.